The van der Waals surface area contributed by atoms with E-state index in [0.717, 1.165) is 37.8 Å². The molecule has 10 nitrogen and oxygen atoms in total. The Balaban J connectivity index is 1.49. The van der Waals surface area contributed by atoms with Crippen LogP contribution in [-0.4, -0.2) is 62.9 Å². The largest absolute Gasteiger partial charge is 0.475 e. The Bertz CT molecular complexity index is 1050. The van der Waals surface area contributed by atoms with Crippen molar-refractivity contribution >= 4 is 23.0 Å². The molecule has 1 aliphatic rings. The molecule has 0 saturated carbocycles. The van der Waals surface area contributed by atoms with Crippen LogP contribution in [0.4, 0.5) is 17.3 Å². The number of pyridine rings is 1. The normalized spacial score (nSPS) is 14.0. The Labute approximate surface area is 180 Å². The lowest BCUT2D eigenvalue weighted by Gasteiger charge is -2.36. The van der Waals surface area contributed by atoms with E-state index in [1.54, 1.807) is 18.6 Å². The van der Waals surface area contributed by atoms with E-state index >= 15 is 0 Å². The molecule has 0 atom stereocenters. The van der Waals surface area contributed by atoms with Crippen molar-refractivity contribution < 1.29 is 4.74 Å². The van der Waals surface area contributed by atoms with Crippen molar-refractivity contribution in [3.05, 3.63) is 54.5 Å². The molecular formula is C21H25N9O. The van der Waals surface area contributed by atoms with E-state index in [9.17, 15) is 0 Å². The fourth-order valence-corrected chi connectivity index (χ4v) is 3.40. The Hall–Kier alpha value is -3.82. The monoisotopic (exact) mass is 419 g/mol. The van der Waals surface area contributed by atoms with Gasteiger partial charge in [-0.15, -0.1) is 0 Å². The summed E-state index contributed by atoms with van der Waals surface area (Å²) in [5, 5.41) is 8.65. The molecule has 4 heterocycles. The van der Waals surface area contributed by atoms with Gasteiger partial charge in [-0.2, -0.15) is 0 Å². The first-order valence-electron chi connectivity index (χ1n) is 10.1. The number of anilines is 3. The molecule has 4 rings (SSSR count). The summed E-state index contributed by atoms with van der Waals surface area (Å²) in [6, 6.07) is 5.42. The Morgan fingerprint density at radius 3 is 2.39 bits per heavy atom. The van der Waals surface area contributed by atoms with Crippen LogP contribution in [0.5, 0.6) is 5.88 Å². The molecule has 1 fully saturated rings. The van der Waals surface area contributed by atoms with Crippen LogP contribution in [-0.2, 0) is 0 Å². The van der Waals surface area contributed by atoms with Crippen LogP contribution in [0.25, 0.3) is 0 Å². The second kappa shape index (κ2) is 8.90. The topological polar surface area (TPSA) is 130 Å². The third-order valence-corrected chi connectivity index (χ3v) is 4.94. The smallest absolute Gasteiger partial charge is 0.214 e. The number of nitrogens with two attached hydrogens (primary N) is 1. The number of nitrogen functional groups attached to an aromatic ring is 1. The second-order valence-corrected chi connectivity index (χ2v) is 7.45. The van der Waals surface area contributed by atoms with Crippen molar-refractivity contribution in [2.45, 2.75) is 20.0 Å². The lowest BCUT2D eigenvalue weighted by atomic mass is 10.1. The first-order valence-corrected chi connectivity index (χ1v) is 10.1. The Morgan fingerprint density at radius 1 is 1.00 bits per heavy atom. The predicted octanol–water partition coefficient (Wildman–Crippen LogP) is 1.77. The van der Waals surface area contributed by atoms with Gasteiger partial charge in [0.1, 0.15) is 24.3 Å². The zero-order valence-corrected chi connectivity index (χ0v) is 17.6. The van der Waals surface area contributed by atoms with Gasteiger partial charge in [-0.05, 0) is 19.9 Å². The molecule has 1 saturated heterocycles. The number of nitrogens with zero attached hydrogens (tertiary/aromatic N) is 7. The minimum Gasteiger partial charge on any atom is -0.475 e. The standard InChI is InChI=1S/C21H25N9O/c1-14(2)31-20-9-15(16(22)11-25-20)21(23)17-10-19(28-13-26-17)30-7-5-29(6-8-30)18-3-4-24-12-27-18/h3-4,9-14,23H,5-8,22H2,1-2H3. The average Bonchev–Trinajstić information content (AvgIpc) is 2.80. The first kappa shape index (κ1) is 20.5. The van der Waals surface area contributed by atoms with Gasteiger partial charge >= 0.3 is 0 Å². The molecule has 0 aromatic carbocycles. The molecule has 0 spiro atoms. The zero-order chi connectivity index (χ0) is 21.8. The van der Waals surface area contributed by atoms with Gasteiger partial charge in [0.25, 0.3) is 0 Å². The minimum absolute atomic E-state index is 0.0233. The van der Waals surface area contributed by atoms with Gasteiger partial charge in [-0.3, -0.25) is 5.41 Å². The SMILES string of the molecule is CC(C)Oc1cc(C(=N)c2cc(N3CCN(c4ccncn4)CC3)ncn2)c(N)cn1. The molecule has 0 aliphatic carbocycles. The number of rotatable bonds is 6. The number of aromatic nitrogens is 5. The highest BCUT2D eigenvalue weighted by Crippen LogP contribution is 2.22. The van der Waals surface area contributed by atoms with Crippen LogP contribution in [0.3, 0.4) is 0 Å². The van der Waals surface area contributed by atoms with Gasteiger partial charge in [-0.25, -0.2) is 24.9 Å². The quantitative estimate of drug-likeness (QED) is 0.574. The van der Waals surface area contributed by atoms with E-state index in [2.05, 4.69) is 34.7 Å². The van der Waals surface area contributed by atoms with Crippen molar-refractivity contribution in [3.8, 4) is 5.88 Å². The molecule has 0 bridgehead atoms. The molecule has 10 heteroatoms. The molecular weight excluding hydrogens is 394 g/mol. The van der Waals surface area contributed by atoms with Crippen molar-refractivity contribution in [2.75, 3.05) is 41.7 Å². The summed E-state index contributed by atoms with van der Waals surface area (Å²) < 4.78 is 5.64. The van der Waals surface area contributed by atoms with Crippen LogP contribution in [0.2, 0.25) is 0 Å². The van der Waals surface area contributed by atoms with Crippen molar-refractivity contribution in [1.29, 1.82) is 5.41 Å². The summed E-state index contributed by atoms with van der Waals surface area (Å²) >= 11 is 0. The van der Waals surface area contributed by atoms with E-state index in [4.69, 9.17) is 15.9 Å². The summed E-state index contributed by atoms with van der Waals surface area (Å²) in [5.41, 5.74) is 7.72. The highest BCUT2D eigenvalue weighted by molar-refractivity contribution is 6.13. The van der Waals surface area contributed by atoms with Gasteiger partial charge in [0.2, 0.25) is 5.88 Å². The molecule has 3 N–H and O–H groups in total. The van der Waals surface area contributed by atoms with E-state index in [1.807, 2.05) is 26.0 Å². The van der Waals surface area contributed by atoms with Crippen LogP contribution in [0.15, 0.2) is 43.2 Å². The molecule has 3 aromatic heterocycles. The molecule has 1 aliphatic heterocycles. The Morgan fingerprint density at radius 2 is 1.71 bits per heavy atom. The van der Waals surface area contributed by atoms with Gasteiger partial charge in [0, 0.05) is 50.1 Å². The molecule has 0 unspecified atom stereocenters. The van der Waals surface area contributed by atoms with Crippen molar-refractivity contribution in [2.24, 2.45) is 0 Å². The third kappa shape index (κ3) is 4.68. The third-order valence-electron chi connectivity index (χ3n) is 4.94. The Kier molecular flexibility index (Phi) is 5.87. The zero-order valence-electron chi connectivity index (χ0n) is 17.6. The highest BCUT2D eigenvalue weighted by atomic mass is 16.5. The summed E-state index contributed by atoms with van der Waals surface area (Å²) in [5.74, 6) is 2.13. The van der Waals surface area contributed by atoms with Crippen molar-refractivity contribution in [1.82, 2.24) is 24.9 Å². The fraction of sp³-hybridized carbons (Fsp3) is 0.333. The summed E-state index contributed by atoms with van der Waals surface area (Å²) in [6.45, 7) is 7.06. The van der Waals surface area contributed by atoms with E-state index in [1.165, 1.54) is 12.5 Å². The average molecular weight is 419 g/mol. The molecule has 0 radical (unpaired) electrons. The first-order chi connectivity index (χ1) is 15.0. The van der Waals surface area contributed by atoms with Crippen LogP contribution in [0.1, 0.15) is 25.1 Å². The van der Waals surface area contributed by atoms with Gasteiger partial charge in [-0.1, -0.05) is 0 Å². The fourth-order valence-electron chi connectivity index (χ4n) is 3.40. The second-order valence-electron chi connectivity index (χ2n) is 7.45. The van der Waals surface area contributed by atoms with Crippen LogP contribution >= 0.6 is 0 Å². The van der Waals surface area contributed by atoms with Crippen molar-refractivity contribution in [3.63, 3.8) is 0 Å². The highest BCUT2D eigenvalue weighted by Gasteiger charge is 2.20. The van der Waals surface area contributed by atoms with Gasteiger partial charge in [0.05, 0.1) is 29.4 Å². The van der Waals surface area contributed by atoms with Gasteiger partial charge in [0.15, 0.2) is 0 Å². The molecule has 31 heavy (non-hydrogen) atoms. The van der Waals surface area contributed by atoms with Crippen LogP contribution < -0.4 is 20.3 Å². The number of nitrogens with one attached hydrogen (secondary N) is 1. The number of piperazine rings is 1. The maximum absolute atomic E-state index is 8.65. The summed E-state index contributed by atoms with van der Waals surface area (Å²) in [7, 11) is 0. The maximum Gasteiger partial charge on any atom is 0.214 e. The number of ether oxygens (including phenoxy) is 1. The van der Waals surface area contributed by atoms with E-state index in [-0.39, 0.29) is 11.8 Å². The predicted molar refractivity (Wildman–Crippen MR) is 119 cm³/mol. The lowest BCUT2D eigenvalue weighted by molar-refractivity contribution is 0.232. The van der Waals surface area contributed by atoms with Crippen LogP contribution in [0, 0.1) is 5.41 Å². The summed E-state index contributed by atoms with van der Waals surface area (Å²) in [6.07, 6.45) is 6.28. The number of hydrogen-bond donors (Lipinski definition) is 2. The molecule has 160 valence electrons. The lowest BCUT2D eigenvalue weighted by Crippen LogP contribution is -2.47. The minimum atomic E-state index is -0.0233. The summed E-state index contributed by atoms with van der Waals surface area (Å²) in [4.78, 5) is 25.6. The molecule has 0 amide bonds. The van der Waals surface area contributed by atoms with E-state index < -0.39 is 0 Å². The van der Waals surface area contributed by atoms with E-state index in [0.29, 0.717) is 22.8 Å². The maximum atomic E-state index is 8.65. The number of hydrogen-bond acceptors (Lipinski definition) is 10. The molecule has 3 aromatic rings. The van der Waals surface area contributed by atoms with Gasteiger partial charge < -0.3 is 20.3 Å².